The Morgan fingerprint density at radius 1 is 1.20 bits per heavy atom. The Labute approximate surface area is 178 Å². The molecule has 1 N–H and O–H groups in total. The van der Waals surface area contributed by atoms with E-state index in [0.29, 0.717) is 12.3 Å². The third-order valence-corrected chi connectivity index (χ3v) is 5.46. The fourth-order valence-corrected chi connectivity index (χ4v) is 3.59. The van der Waals surface area contributed by atoms with E-state index in [4.69, 9.17) is 27.9 Å². The molecule has 0 amide bonds. The van der Waals surface area contributed by atoms with Gasteiger partial charge in [0.25, 0.3) is 5.69 Å². The SMILES string of the molecule is O=[N+]([O-])c1ccc(Cl)c(S(=O)(=O)NCC#CCOc2ncc(C(F)(F)F)cc2Cl)c1. The van der Waals surface area contributed by atoms with Gasteiger partial charge in [0.15, 0.2) is 6.61 Å². The summed E-state index contributed by atoms with van der Waals surface area (Å²) in [4.78, 5) is 13.0. The molecule has 0 saturated heterocycles. The van der Waals surface area contributed by atoms with Gasteiger partial charge in [-0.2, -0.15) is 17.9 Å². The smallest absolute Gasteiger partial charge is 0.417 e. The van der Waals surface area contributed by atoms with Crippen LogP contribution < -0.4 is 9.46 Å². The Morgan fingerprint density at radius 3 is 2.50 bits per heavy atom. The lowest BCUT2D eigenvalue weighted by Crippen LogP contribution is -2.24. The molecule has 0 bridgehead atoms. The second kappa shape index (κ2) is 9.48. The first-order chi connectivity index (χ1) is 13.9. The molecule has 2 aromatic rings. The van der Waals surface area contributed by atoms with Crippen LogP contribution in [0.2, 0.25) is 10.0 Å². The highest BCUT2D eigenvalue weighted by Crippen LogP contribution is 2.33. The number of sulfonamides is 1. The predicted octanol–water partition coefficient (Wildman–Crippen LogP) is 3.68. The molecule has 0 radical (unpaired) electrons. The molecule has 0 aliphatic heterocycles. The quantitative estimate of drug-likeness (QED) is 0.381. The summed E-state index contributed by atoms with van der Waals surface area (Å²) in [7, 11) is -4.18. The van der Waals surface area contributed by atoms with Gasteiger partial charge in [-0.25, -0.2) is 13.4 Å². The fourth-order valence-electron chi connectivity index (χ4n) is 1.92. The van der Waals surface area contributed by atoms with E-state index in [1.807, 2.05) is 0 Å². The minimum Gasteiger partial charge on any atom is -0.463 e. The summed E-state index contributed by atoms with van der Waals surface area (Å²) in [6, 6.07) is 3.58. The molecule has 1 aromatic heterocycles. The zero-order valence-electron chi connectivity index (χ0n) is 14.5. The largest absolute Gasteiger partial charge is 0.463 e. The Morgan fingerprint density at radius 2 is 1.90 bits per heavy atom. The molecular formula is C16H10Cl2F3N3O5S. The van der Waals surface area contributed by atoms with Crippen LogP contribution in [0.15, 0.2) is 35.4 Å². The van der Waals surface area contributed by atoms with E-state index in [9.17, 15) is 31.7 Å². The summed E-state index contributed by atoms with van der Waals surface area (Å²) in [6.45, 7) is -0.726. The third-order valence-electron chi connectivity index (χ3n) is 3.31. The number of nitrogens with zero attached hydrogens (tertiary/aromatic N) is 2. The highest BCUT2D eigenvalue weighted by molar-refractivity contribution is 7.89. The highest BCUT2D eigenvalue weighted by atomic mass is 35.5. The standard InChI is InChI=1S/C16H10Cl2F3N3O5S/c17-12-4-3-11(24(25)26)8-14(12)30(27,28)23-5-1-2-6-29-15-13(18)7-10(9-22-15)16(19,20)21/h3-4,7-9,23H,5-6H2. The van der Waals surface area contributed by atoms with Crippen molar-refractivity contribution in [1.29, 1.82) is 0 Å². The van der Waals surface area contributed by atoms with Gasteiger partial charge in [0.1, 0.15) is 9.92 Å². The number of non-ortho nitro benzene ring substituents is 1. The molecule has 30 heavy (non-hydrogen) atoms. The molecule has 8 nitrogen and oxygen atoms in total. The van der Waals surface area contributed by atoms with Gasteiger partial charge in [-0.05, 0) is 12.1 Å². The van der Waals surface area contributed by atoms with Gasteiger partial charge in [0.05, 0.1) is 22.1 Å². The maximum Gasteiger partial charge on any atom is 0.417 e. The van der Waals surface area contributed by atoms with Crippen molar-refractivity contribution in [2.75, 3.05) is 13.2 Å². The number of aromatic nitrogens is 1. The lowest BCUT2D eigenvalue weighted by atomic mass is 10.3. The van der Waals surface area contributed by atoms with Crippen LogP contribution in [-0.2, 0) is 16.2 Å². The van der Waals surface area contributed by atoms with Crippen LogP contribution in [-0.4, -0.2) is 31.5 Å². The van der Waals surface area contributed by atoms with E-state index < -0.39 is 37.3 Å². The van der Waals surface area contributed by atoms with Crippen molar-refractivity contribution in [2.45, 2.75) is 11.1 Å². The van der Waals surface area contributed by atoms with Crippen molar-refractivity contribution in [1.82, 2.24) is 9.71 Å². The summed E-state index contributed by atoms with van der Waals surface area (Å²) >= 11 is 11.4. The van der Waals surface area contributed by atoms with E-state index in [0.717, 1.165) is 18.2 Å². The second-order valence-electron chi connectivity index (χ2n) is 5.35. The van der Waals surface area contributed by atoms with Gasteiger partial charge in [0, 0.05) is 18.3 Å². The second-order valence-corrected chi connectivity index (χ2v) is 7.90. The van der Waals surface area contributed by atoms with Crippen molar-refractivity contribution >= 4 is 38.9 Å². The Hall–Kier alpha value is -2.59. The molecule has 0 aliphatic carbocycles. The van der Waals surface area contributed by atoms with Crippen molar-refractivity contribution in [3.63, 3.8) is 0 Å². The number of nitrogens with one attached hydrogen (secondary N) is 1. The number of benzene rings is 1. The van der Waals surface area contributed by atoms with Crippen molar-refractivity contribution in [2.24, 2.45) is 0 Å². The van der Waals surface area contributed by atoms with Gasteiger partial charge in [0.2, 0.25) is 15.9 Å². The number of hydrogen-bond acceptors (Lipinski definition) is 6. The van der Waals surface area contributed by atoms with Crippen LogP contribution in [0.5, 0.6) is 5.88 Å². The van der Waals surface area contributed by atoms with E-state index in [1.54, 1.807) is 0 Å². The van der Waals surface area contributed by atoms with Crippen molar-refractivity contribution < 1.29 is 31.2 Å². The summed E-state index contributed by atoms with van der Waals surface area (Å²) in [5.41, 5.74) is -1.50. The molecule has 0 fully saturated rings. The lowest BCUT2D eigenvalue weighted by molar-refractivity contribution is -0.385. The molecule has 160 valence electrons. The molecule has 0 spiro atoms. The van der Waals surface area contributed by atoms with Crippen molar-refractivity contribution in [3.8, 4) is 17.7 Å². The molecular weight excluding hydrogens is 474 g/mol. The molecule has 0 aliphatic rings. The number of hydrogen-bond donors (Lipinski definition) is 1. The van der Waals surface area contributed by atoms with Gasteiger partial charge < -0.3 is 4.74 Å². The molecule has 0 unspecified atom stereocenters. The van der Waals surface area contributed by atoms with Crippen LogP contribution in [0.4, 0.5) is 18.9 Å². The number of alkyl halides is 3. The zero-order chi connectivity index (χ0) is 22.5. The molecule has 2 rings (SSSR count). The first-order valence-electron chi connectivity index (χ1n) is 7.66. The molecule has 1 heterocycles. The van der Waals surface area contributed by atoms with Gasteiger partial charge in [-0.3, -0.25) is 10.1 Å². The van der Waals surface area contributed by atoms with E-state index in [2.05, 4.69) is 21.5 Å². The predicted molar refractivity (Wildman–Crippen MR) is 101 cm³/mol. The van der Waals surface area contributed by atoms with E-state index in [-0.39, 0.29) is 29.1 Å². The number of nitro groups is 1. The normalized spacial score (nSPS) is 11.5. The van der Waals surface area contributed by atoms with E-state index in [1.165, 1.54) is 0 Å². The Bertz CT molecular complexity index is 1130. The minimum atomic E-state index is -4.60. The van der Waals surface area contributed by atoms with Gasteiger partial charge >= 0.3 is 6.18 Å². The minimum absolute atomic E-state index is 0.215. The molecule has 0 saturated carbocycles. The number of halogens is 5. The third kappa shape index (κ3) is 6.20. The average Bonchev–Trinajstić information content (AvgIpc) is 2.64. The van der Waals surface area contributed by atoms with Crippen LogP contribution in [0.25, 0.3) is 0 Å². The van der Waals surface area contributed by atoms with Crippen LogP contribution in [0, 0.1) is 22.0 Å². The topological polar surface area (TPSA) is 111 Å². The van der Waals surface area contributed by atoms with Gasteiger partial charge in [-0.15, -0.1) is 0 Å². The first kappa shape index (κ1) is 23.7. The van der Waals surface area contributed by atoms with Crippen molar-refractivity contribution in [3.05, 3.63) is 56.2 Å². The average molecular weight is 484 g/mol. The Balaban J connectivity index is 1.96. The number of rotatable bonds is 6. The summed E-state index contributed by atoms with van der Waals surface area (Å²) in [5, 5.41) is 10.2. The molecule has 14 heteroatoms. The lowest BCUT2D eigenvalue weighted by Gasteiger charge is -2.08. The van der Waals surface area contributed by atoms with Crippen LogP contribution in [0.3, 0.4) is 0 Å². The summed E-state index contributed by atoms with van der Waals surface area (Å²) in [5.74, 6) is 4.54. The number of nitro benzene ring substituents is 1. The number of ether oxygens (including phenoxy) is 1. The molecule has 0 atom stereocenters. The fraction of sp³-hybridized carbons (Fsp3) is 0.188. The first-order valence-corrected chi connectivity index (χ1v) is 9.90. The van der Waals surface area contributed by atoms with Crippen LogP contribution in [0.1, 0.15) is 5.56 Å². The number of pyridine rings is 1. The monoisotopic (exact) mass is 483 g/mol. The maximum atomic E-state index is 12.5. The summed E-state index contributed by atoms with van der Waals surface area (Å²) in [6.07, 6.45) is -4.06. The van der Waals surface area contributed by atoms with Gasteiger partial charge in [-0.1, -0.05) is 35.0 Å². The maximum absolute atomic E-state index is 12.5. The van der Waals surface area contributed by atoms with E-state index >= 15 is 0 Å². The van der Waals surface area contributed by atoms with Crippen LogP contribution >= 0.6 is 23.2 Å². The molecule has 1 aromatic carbocycles. The zero-order valence-corrected chi connectivity index (χ0v) is 16.9. The summed E-state index contributed by atoms with van der Waals surface area (Å²) < 4.78 is 69.1. The highest BCUT2D eigenvalue weighted by Gasteiger charge is 2.31. The Kier molecular flexibility index (Phi) is 7.49.